The van der Waals surface area contributed by atoms with E-state index in [1.807, 2.05) is 13.8 Å². The summed E-state index contributed by atoms with van der Waals surface area (Å²) in [5.74, 6) is -0.850. The molecule has 1 aliphatic carbocycles. The van der Waals surface area contributed by atoms with Crippen molar-refractivity contribution in [2.45, 2.75) is 95.4 Å². The van der Waals surface area contributed by atoms with E-state index in [4.69, 9.17) is 0 Å². The third-order valence-corrected chi connectivity index (χ3v) is 7.09. The molecule has 28 heavy (non-hydrogen) atoms. The first-order chi connectivity index (χ1) is 12.7. The summed E-state index contributed by atoms with van der Waals surface area (Å²) in [6.45, 7) is 23.6. The summed E-state index contributed by atoms with van der Waals surface area (Å²) in [5.41, 5.74) is 12.0. The van der Waals surface area contributed by atoms with Gasteiger partial charge in [0.2, 0.25) is 0 Å². The molecule has 0 aliphatic heterocycles. The Morgan fingerprint density at radius 1 is 0.750 bits per heavy atom. The van der Waals surface area contributed by atoms with Gasteiger partial charge >= 0.3 is 5.97 Å². The van der Waals surface area contributed by atoms with Gasteiger partial charge in [-0.25, -0.2) is 4.79 Å². The molecule has 0 saturated heterocycles. The molecule has 0 aromatic carbocycles. The molecule has 0 radical (unpaired) electrons. The monoisotopic (exact) mass is 384 g/mol. The van der Waals surface area contributed by atoms with Gasteiger partial charge in [-0.3, -0.25) is 0 Å². The minimum Gasteiger partial charge on any atom is -0.478 e. The van der Waals surface area contributed by atoms with Crippen molar-refractivity contribution in [3.8, 4) is 0 Å². The second kappa shape index (κ2) is 9.11. The minimum atomic E-state index is -0.850. The summed E-state index contributed by atoms with van der Waals surface area (Å²) in [7, 11) is 0. The zero-order valence-corrected chi connectivity index (χ0v) is 20.0. The Balaban J connectivity index is 3.56. The topological polar surface area (TPSA) is 37.3 Å². The molecular weight excluding hydrogens is 344 g/mol. The van der Waals surface area contributed by atoms with Crippen LogP contribution in [0, 0.1) is 5.41 Å². The van der Waals surface area contributed by atoms with Gasteiger partial charge in [-0.1, -0.05) is 19.4 Å². The highest BCUT2D eigenvalue weighted by Crippen LogP contribution is 2.45. The molecule has 0 bridgehead atoms. The van der Waals surface area contributed by atoms with E-state index in [0.29, 0.717) is 5.57 Å². The zero-order chi connectivity index (χ0) is 22.0. The third kappa shape index (κ3) is 4.96. The third-order valence-electron chi connectivity index (χ3n) is 7.09. The van der Waals surface area contributed by atoms with Crippen molar-refractivity contribution in [3.63, 3.8) is 0 Å². The van der Waals surface area contributed by atoms with Gasteiger partial charge in [0.25, 0.3) is 0 Å². The average molecular weight is 385 g/mol. The zero-order valence-electron chi connectivity index (χ0n) is 20.0. The fourth-order valence-corrected chi connectivity index (χ4v) is 4.49. The lowest BCUT2D eigenvalue weighted by atomic mass is 9.69. The fraction of sp³-hybridized carbons (Fsp3) is 0.577. The van der Waals surface area contributed by atoms with Crippen LogP contribution < -0.4 is 0 Å². The first-order valence-corrected chi connectivity index (χ1v) is 10.4. The lowest BCUT2D eigenvalue weighted by molar-refractivity contribution is -0.132. The van der Waals surface area contributed by atoms with E-state index < -0.39 is 5.97 Å². The Morgan fingerprint density at radius 3 is 1.54 bits per heavy atom. The summed E-state index contributed by atoms with van der Waals surface area (Å²) in [6, 6.07) is 0. The van der Waals surface area contributed by atoms with Crippen LogP contribution in [0.5, 0.6) is 0 Å². The van der Waals surface area contributed by atoms with Crippen LogP contribution >= 0.6 is 0 Å². The summed E-state index contributed by atoms with van der Waals surface area (Å²) in [4.78, 5) is 11.3. The molecule has 0 atom stereocenters. The number of allylic oxidation sites excluding steroid dienone is 9. The fourth-order valence-electron chi connectivity index (χ4n) is 4.49. The smallest absolute Gasteiger partial charge is 0.331 e. The molecule has 0 aromatic heterocycles. The van der Waals surface area contributed by atoms with Gasteiger partial charge < -0.3 is 5.11 Å². The summed E-state index contributed by atoms with van der Waals surface area (Å²) in [6.07, 6.45) is 3.71. The van der Waals surface area contributed by atoms with Crippen molar-refractivity contribution in [2.24, 2.45) is 5.41 Å². The number of carbonyl (C=O) groups is 1. The van der Waals surface area contributed by atoms with Crippen molar-refractivity contribution >= 4 is 5.97 Å². The summed E-state index contributed by atoms with van der Waals surface area (Å²) >= 11 is 0. The molecule has 1 rings (SSSR count). The van der Waals surface area contributed by atoms with Gasteiger partial charge in [0, 0.05) is 5.57 Å². The van der Waals surface area contributed by atoms with Crippen molar-refractivity contribution in [1.29, 1.82) is 0 Å². The predicted molar refractivity (Wildman–Crippen MR) is 121 cm³/mol. The first kappa shape index (κ1) is 24.2. The number of aliphatic carboxylic acids is 1. The van der Waals surface area contributed by atoms with Crippen LogP contribution in [0.2, 0.25) is 0 Å². The highest BCUT2D eigenvalue weighted by Gasteiger charge is 2.30. The van der Waals surface area contributed by atoms with Gasteiger partial charge in [-0.15, -0.1) is 0 Å². The molecule has 2 heteroatoms. The Hall–Kier alpha value is -1.83. The van der Waals surface area contributed by atoms with Crippen molar-refractivity contribution in [1.82, 2.24) is 0 Å². The minimum absolute atomic E-state index is 0.223. The van der Waals surface area contributed by atoms with Crippen LogP contribution in [0.4, 0.5) is 0 Å². The molecule has 1 aliphatic rings. The molecule has 0 aromatic rings. The van der Waals surface area contributed by atoms with E-state index in [1.165, 1.54) is 52.7 Å². The van der Waals surface area contributed by atoms with Gasteiger partial charge in [-0.2, -0.15) is 0 Å². The summed E-state index contributed by atoms with van der Waals surface area (Å²) < 4.78 is 0. The molecule has 0 fully saturated rings. The number of hydrogen-bond donors (Lipinski definition) is 1. The highest BCUT2D eigenvalue weighted by molar-refractivity contribution is 5.87. The van der Waals surface area contributed by atoms with Crippen LogP contribution in [-0.2, 0) is 4.79 Å². The maximum Gasteiger partial charge on any atom is 0.331 e. The van der Waals surface area contributed by atoms with E-state index in [2.05, 4.69) is 55.4 Å². The Kier molecular flexibility index (Phi) is 7.88. The van der Waals surface area contributed by atoms with Crippen molar-refractivity contribution < 1.29 is 9.90 Å². The maximum atomic E-state index is 11.3. The maximum absolute atomic E-state index is 11.3. The molecule has 2 nitrogen and oxygen atoms in total. The molecule has 0 heterocycles. The molecule has 1 N–H and O–H groups in total. The normalized spacial score (nSPS) is 20.8. The largest absolute Gasteiger partial charge is 0.478 e. The standard InChI is InChI=1S/C26H40O2/c1-15-13-12-14-26(10,11)24(15)22(8)20(6)18(4)16(2)17(3)19(5)21(7)23(9)25(27)28/h12-14H2,1-11H3,(H,27,28)/b18-16+,19-17+,22-20+,23-21+. The number of rotatable bonds is 5. The number of carboxylic acid groups (broad SMARTS) is 1. The van der Waals surface area contributed by atoms with E-state index >= 15 is 0 Å². The van der Waals surface area contributed by atoms with E-state index in [0.717, 1.165) is 16.7 Å². The van der Waals surface area contributed by atoms with Crippen LogP contribution in [0.1, 0.15) is 95.4 Å². The average Bonchev–Trinajstić information content (AvgIpc) is 2.62. The van der Waals surface area contributed by atoms with Gasteiger partial charge in [0.15, 0.2) is 0 Å². The molecule has 156 valence electrons. The molecule has 0 saturated carbocycles. The van der Waals surface area contributed by atoms with E-state index in [1.54, 1.807) is 6.92 Å². The molecule has 0 amide bonds. The van der Waals surface area contributed by atoms with Gasteiger partial charge in [0.1, 0.15) is 0 Å². The Morgan fingerprint density at radius 2 is 1.14 bits per heavy atom. The second-order valence-electron chi connectivity index (χ2n) is 9.20. The van der Waals surface area contributed by atoms with Crippen molar-refractivity contribution in [2.75, 3.05) is 0 Å². The highest BCUT2D eigenvalue weighted by atomic mass is 16.4. The van der Waals surface area contributed by atoms with Crippen LogP contribution in [-0.4, -0.2) is 11.1 Å². The number of hydrogen-bond acceptors (Lipinski definition) is 1. The molecular formula is C26H40O2. The Bertz CT molecular complexity index is 820. The number of carboxylic acids is 1. The first-order valence-electron chi connectivity index (χ1n) is 10.4. The van der Waals surface area contributed by atoms with Gasteiger partial charge in [0.05, 0.1) is 0 Å². The van der Waals surface area contributed by atoms with Crippen molar-refractivity contribution in [3.05, 3.63) is 55.7 Å². The molecule has 0 spiro atoms. The summed E-state index contributed by atoms with van der Waals surface area (Å²) in [5, 5.41) is 9.31. The van der Waals surface area contributed by atoms with Crippen LogP contribution in [0.25, 0.3) is 0 Å². The van der Waals surface area contributed by atoms with Gasteiger partial charge in [-0.05, 0) is 132 Å². The Labute approximate surface area is 172 Å². The van der Waals surface area contributed by atoms with E-state index in [9.17, 15) is 9.90 Å². The second-order valence-corrected chi connectivity index (χ2v) is 9.20. The van der Waals surface area contributed by atoms with Crippen LogP contribution in [0.3, 0.4) is 0 Å². The lowest BCUT2D eigenvalue weighted by Gasteiger charge is -2.36. The predicted octanol–water partition coefficient (Wildman–Crippen LogP) is 7.94. The molecule has 0 unspecified atom stereocenters. The quantitative estimate of drug-likeness (QED) is 0.386. The SMILES string of the molecule is CC1=C(/C(C)=C(C)/C(C)=C(C)/C(C)=C(C)/C(C)=C(\C)C(=O)O)C(C)(C)CCC1. The lowest BCUT2D eigenvalue weighted by Crippen LogP contribution is -2.21. The van der Waals surface area contributed by atoms with Crippen LogP contribution in [0.15, 0.2) is 55.7 Å². The van der Waals surface area contributed by atoms with E-state index in [-0.39, 0.29) is 5.41 Å².